The summed E-state index contributed by atoms with van der Waals surface area (Å²) in [6.45, 7) is 5.53. The maximum absolute atomic E-state index is 12.8. The van der Waals surface area contributed by atoms with Crippen LogP contribution in [0.5, 0.6) is 0 Å². The van der Waals surface area contributed by atoms with Crippen molar-refractivity contribution >= 4 is 16.9 Å². The molecule has 0 atom stereocenters. The number of nitrogens with zero attached hydrogens (tertiary/aromatic N) is 4. The summed E-state index contributed by atoms with van der Waals surface area (Å²) in [5.41, 5.74) is 3.62. The van der Waals surface area contributed by atoms with Gasteiger partial charge in [-0.25, -0.2) is 9.36 Å². The highest BCUT2D eigenvalue weighted by Gasteiger charge is 2.17. The Morgan fingerprint density at radius 3 is 2.67 bits per heavy atom. The van der Waals surface area contributed by atoms with Gasteiger partial charge in [0.25, 0.3) is 5.56 Å². The lowest BCUT2D eigenvalue weighted by Gasteiger charge is -2.10. The lowest BCUT2D eigenvalue weighted by atomic mass is 10.1. The van der Waals surface area contributed by atoms with Crippen molar-refractivity contribution in [1.82, 2.24) is 19.6 Å². The molecule has 0 aliphatic rings. The SMILES string of the molecule is COC(=O)Cn1nc(C)c2cnn(-c3ccc(C)cc3C)c2c1=O. The molecular formula is C17H18N4O3. The molecule has 0 aliphatic carbocycles. The second-order valence-electron chi connectivity index (χ2n) is 5.73. The molecule has 2 heterocycles. The monoisotopic (exact) mass is 326 g/mol. The first-order valence-corrected chi connectivity index (χ1v) is 7.52. The summed E-state index contributed by atoms with van der Waals surface area (Å²) in [5, 5.41) is 9.22. The molecule has 0 radical (unpaired) electrons. The van der Waals surface area contributed by atoms with Crippen LogP contribution in [-0.2, 0) is 16.1 Å². The Kier molecular flexibility index (Phi) is 3.92. The Balaban J connectivity index is 2.27. The average molecular weight is 326 g/mol. The number of fused-ring (bicyclic) bond motifs is 1. The molecule has 3 aromatic rings. The lowest BCUT2D eigenvalue weighted by Crippen LogP contribution is -2.29. The van der Waals surface area contributed by atoms with Crippen LogP contribution in [0.3, 0.4) is 0 Å². The minimum atomic E-state index is -0.527. The van der Waals surface area contributed by atoms with Crippen LogP contribution in [0.1, 0.15) is 16.8 Å². The molecular weight excluding hydrogens is 308 g/mol. The minimum Gasteiger partial charge on any atom is -0.468 e. The molecule has 0 unspecified atom stereocenters. The molecule has 7 heteroatoms. The van der Waals surface area contributed by atoms with Gasteiger partial charge < -0.3 is 4.74 Å². The fraction of sp³-hybridized carbons (Fsp3) is 0.294. The summed E-state index contributed by atoms with van der Waals surface area (Å²) in [4.78, 5) is 24.3. The quantitative estimate of drug-likeness (QED) is 0.684. The summed E-state index contributed by atoms with van der Waals surface area (Å²) in [6, 6.07) is 5.93. The summed E-state index contributed by atoms with van der Waals surface area (Å²) in [6.07, 6.45) is 1.63. The number of benzene rings is 1. The molecule has 0 aliphatic heterocycles. The maximum atomic E-state index is 12.8. The van der Waals surface area contributed by atoms with Crippen LogP contribution in [0.15, 0.2) is 29.2 Å². The van der Waals surface area contributed by atoms with Gasteiger partial charge in [-0.1, -0.05) is 17.7 Å². The van der Waals surface area contributed by atoms with E-state index in [-0.39, 0.29) is 12.1 Å². The van der Waals surface area contributed by atoms with Gasteiger partial charge in [-0.05, 0) is 32.4 Å². The van der Waals surface area contributed by atoms with E-state index in [1.165, 1.54) is 7.11 Å². The van der Waals surface area contributed by atoms with Crippen molar-refractivity contribution in [3.05, 3.63) is 51.6 Å². The molecule has 0 fully saturated rings. The van der Waals surface area contributed by atoms with Crippen molar-refractivity contribution in [2.24, 2.45) is 0 Å². The number of aryl methyl sites for hydroxylation is 3. The van der Waals surface area contributed by atoms with Gasteiger partial charge in [-0.3, -0.25) is 9.59 Å². The molecule has 0 saturated carbocycles. The zero-order valence-electron chi connectivity index (χ0n) is 14.0. The van der Waals surface area contributed by atoms with E-state index in [2.05, 4.69) is 14.9 Å². The third kappa shape index (κ3) is 2.58. The topological polar surface area (TPSA) is 79.0 Å². The largest absolute Gasteiger partial charge is 0.468 e. The number of ether oxygens (including phenoxy) is 1. The molecule has 7 nitrogen and oxygen atoms in total. The Morgan fingerprint density at radius 2 is 2.00 bits per heavy atom. The van der Waals surface area contributed by atoms with Crippen molar-refractivity contribution in [2.45, 2.75) is 27.3 Å². The highest BCUT2D eigenvalue weighted by molar-refractivity contribution is 5.81. The summed E-state index contributed by atoms with van der Waals surface area (Å²) >= 11 is 0. The summed E-state index contributed by atoms with van der Waals surface area (Å²) in [7, 11) is 1.28. The first-order chi connectivity index (χ1) is 11.4. The van der Waals surface area contributed by atoms with Crippen molar-refractivity contribution in [3.63, 3.8) is 0 Å². The molecule has 0 bridgehead atoms. The highest BCUT2D eigenvalue weighted by atomic mass is 16.5. The van der Waals surface area contributed by atoms with Crippen LogP contribution in [0.25, 0.3) is 16.6 Å². The number of hydrogen-bond acceptors (Lipinski definition) is 5. The third-order valence-corrected chi connectivity index (χ3v) is 3.95. The van der Waals surface area contributed by atoms with Crippen LogP contribution >= 0.6 is 0 Å². The molecule has 24 heavy (non-hydrogen) atoms. The standard InChI is InChI=1S/C17H18N4O3/c1-10-5-6-14(11(2)7-10)21-16-13(8-18-21)12(3)19-20(17(16)23)9-15(22)24-4/h5-8H,9H2,1-4H3. The fourth-order valence-corrected chi connectivity index (χ4v) is 2.74. The molecule has 0 saturated heterocycles. The molecule has 1 aromatic carbocycles. The van der Waals surface area contributed by atoms with Crippen molar-refractivity contribution < 1.29 is 9.53 Å². The summed E-state index contributed by atoms with van der Waals surface area (Å²) in [5.74, 6) is -0.527. The second kappa shape index (κ2) is 5.92. The number of esters is 1. The predicted octanol–water partition coefficient (Wildman–Crippen LogP) is 1.68. The number of aromatic nitrogens is 4. The van der Waals surface area contributed by atoms with E-state index >= 15 is 0 Å². The number of hydrogen-bond donors (Lipinski definition) is 0. The summed E-state index contributed by atoms with van der Waals surface area (Å²) < 4.78 is 7.35. The molecule has 0 amide bonds. The Bertz CT molecular complexity index is 1000. The van der Waals surface area contributed by atoms with E-state index in [9.17, 15) is 9.59 Å². The molecule has 2 aromatic heterocycles. The fourth-order valence-electron chi connectivity index (χ4n) is 2.74. The Labute approximate surface area is 138 Å². The molecule has 124 valence electrons. The molecule has 0 spiro atoms. The third-order valence-electron chi connectivity index (χ3n) is 3.95. The first kappa shape index (κ1) is 15.9. The lowest BCUT2D eigenvalue weighted by molar-refractivity contribution is -0.141. The minimum absolute atomic E-state index is 0.232. The van der Waals surface area contributed by atoms with Gasteiger partial charge in [0.1, 0.15) is 12.1 Å². The van der Waals surface area contributed by atoms with E-state index in [0.717, 1.165) is 21.5 Å². The number of carbonyl (C=O) groups excluding carboxylic acids is 1. The number of carbonyl (C=O) groups is 1. The van der Waals surface area contributed by atoms with E-state index in [1.807, 2.05) is 32.0 Å². The van der Waals surface area contributed by atoms with Crippen LogP contribution in [0.4, 0.5) is 0 Å². The number of rotatable bonds is 3. The van der Waals surface area contributed by atoms with E-state index in [4.69, 9.17) is 0 Å². The average Bonchev–Trinajstić information content (AvgIpc) is 2.97. The molecule has 3 rings (SSSR count). The maximum Gasteiger partial charge on any atom is 0.327 e. The number of methoxy groups -OCH3 is 1. The zero-order chi connectivity index (χ0) is 17.4. The van der Waals surface area contributed by atoms with Gasteiger partial charge in [-0.2, -0.15) is 10.2 Å². The van der Waals surface area contributed by atoms with Crippen LogP contribution in [0.2, 0.25) is 0 Å². The normalized spacial score (nSPS) is 11.0. The van der Waals surface area contributed by atoms with E-state index in [1.54, 1.807) is 17.8 Å². The second-order valence-corrected chi connectivity index (χ2v) is 5.73. The van der Waals surface area contributed by atoms with E-state index < -0.39 is 5.97 Å². The van der Waals surface area contributed by atoms with Crippen LogP contribution in [-0.4, -0.2) is 32.6 Å². The van der Waals surface area contributed by atoms with Crippen molar-refractivity contribution in [3.8, 4) is 5.69 Å². The Morgan fingerprint density at radius 1 is 1.25 bits per heavy atom. The van der Waals surface area contributed by atoms with Crippen molar-refractivity contribution in [1.29, 1.82) is 0 Å². The van der Waals surface area contributed by atoms with Crippen LogP contribution < -0.4 is 5.56 Å². The smallest absolute Gasteiger partial charge is 0.327 e. The van der Waals surface area contributed by atoms with Gasteiger partial charge in [0.05, 0.1) is 24.7 Å². The van der Waals surface area contributed by atoms with Gasteiger partial charge >= 0.3 is 5.97 Å². The van der Waals surface area contributed by atoms with Gasteiger partial charge in [-0.15, -0.1) is 0 Å². The van der Waals surface area contributed by atoms with E-state index in [0.29, 0.717) is 16.6 Å². The molecule has 0 N–H and O–H groups in total. The van der Waals surface area contributed by atoms with Crippen LogP contribution in [0, 0.1) is 20.8 Å². The first-order valence-electron chi connectivity index (χ1n) is 7.52. The van der Waals surface area contributed by atoms with Gasteiger partial charge in [0.15, 0.2) is 0 Å². The predicted molar refractivity (Wildman–Crippen MR) is 89.4 cm³/mol. The van der Waals surface area contributed by atoms with Crippen molar-refractivity contribution in [2.75, 3.05) is 7.11 Å². The van der Waals surface area contributed by atoms with Gasteiger partial charge in [0.2, 0.25) is 0 Å². The highest BCUT2D eigenvalue weighted by Crippen LogP contribution is 2.20. The Hall–Kier alpha value is -2.96. The van der Waals surface area contributed by atoms with Gasteiger partial charge in [0, 0.05) is 5.39 Å². The zero-order valence-corrected chi connectivity index (χ0v) is 14.0.